The maximum atomic E-state index is 5.20. The molecule has 0 spiro atoms. The number of nitrogens with one attached hydrogen (secondary N) is 1. The van der Waals surface area contributed by atoms with E-state index in [0.29, 0.717) is 5.41 Å². The first-order valence-electron chi connectivity index (χ1n) is 6.85. The molecule has 0 atom stereocenters. The third-order valence-corrected chi connectivity index (χ3v) is 4.90. The molecular weight excluding hydrogens is 258 g/mol. The number of nitrogens with zero attached hydrogens (tertiary/aromatic N) is 2. The van der Waals surface area contributed by atoms with Gasteiger partial charge < -0.3 is 10.1 Å². The fourth-order valence-electron chi connectivity index (χ4n) is 2.61. The summed E-state index contributed by atoms with van der Waals surface area (Å²) in [7, 11) is 1.78. The predicted molar refractivity (Wildman–Crippen MR) is 77.7 cm³/mol. The quantitative estimate of drug-likeness (QED) is 0.846. The molecule has 1 saturated carbocycles. The zero-order valence-corrected chi connectivity index (χ0v) is 12.4. The van der Waals surface area contributed by atoms with E-state index in [0.717, 1.165) is 30.4 Å². The van der Waals surface area contributed by atoms with Gasteiger partial charge in [0.15, 0.2) is 4.96 Å². The first-order valence-corrected chi connectivity index (χ1v) is 7.73. The van der Waals surface area contributed by atoms with Gasteiger partial charge in [0.1, 0.15) is 0 Å². The smallest absolute Gasteiger partial charge is 0.194 e. The standard InChI is InChI=1S/C14H21N3OS/c1-11-12(17-6-8-19-13(17)16-11)9-15-10-14(3-4-14)5-7-18-2/h6,8,15H,3-5,7,9-10H2,1-2H3. The zero-order chi connectivity index (χ0) is 13.3. The molecule has 104 valence electrons. The van der Waals surface area contributed by atoms with E-state index in [2.05, 4.69) is 33.2 Å². The van der Waals surface area contributed by atoms with Crippen molar-refractivity contribution < 1.29 is 4.74 Å². The Bertz CT molecular complexity index is 556. The first kappa shape index (κ1) is 13.1. The minimum Gasteiger partial charge on any atom is -0.385 e. The number of hydrogen-bond donors (Lipinski definition) is 1. The van der Waals surface area contributed by atoms with E-state index in [9.17, 15) is 0 Å². The zero-order valence-electron chi connectivity index (χ0n) is 11.6. The molecule has 0 aliphatic heterocycles. The third kappa shape index (κ3) is 2.68. The number of aryl methyl sites for hydroxylation is 1. The third-order valence-electron chi connectivity index (χ3n) is 4.15. The molecule has 2 aromatic heterocycles. The van der Waals surface area contributed by atoms with Gasteiger partial charge in [-0.2, -0.15) is 0 Å². The van der Waals surface area contributed by atoms with Crippen molar-refractivity contribution in [3.05, 3.63) is 23.0 Å². The predicted octanol–water partition coefficient (Wildman–Crippen LogP) is 2.61. The van der Waals surface area contributed by atoms with Crippen LogP contribution in [-0.2, 0) is 11.3 Å². The normalized spacial score (nSPS) is 17.2. The molecule has 5 heteroatoms. The number of fused-ring (bicyclic) bond motifs is 1. The van der Waals surface area contributed by atoms with Crippen molar-refractivity contribution >= 4 is 16.3 Å². The van der Waals surface area contributed by atoms with Crippen LogP contribution in [0.4, 0.5) is 0 Å². The van der Waals surface area contributed by atoms with E-state index < -0.39 is 0 Å². The summed E-state index contributed by atoms with van der Waals surface area (Å²) in [5.74, 6) is 0. The van der Waals surface area contributed by atoms with Crippen LogP contribution in [0.1, 0.15) is 30.7 Å². The Morgan fingerprint density at radius 3 is 3.11 bits per heavy atom. The maximum Gasteiger partial charge on any atom is 0.194 e. The topological polar surface area (TPSA) is 38.6 Å². The van der Waals surface area contributed by atoms with Crippen LogP contribution in [0.5, 0.6) is 0 Å². The molecule has 2 heterocycles. The van der Waals surface area contributed by atoms with Crippen molar-refractivity contribution in [2.45, 2.75) is 32.7 Å². The van der Waals surface area contributed by atoms with Crippen LogP contribution in [0.15, 0.2) is 11.6 Å². The Kier molecular flexibility index (Phi) is 3.60. The number of rotatable bonds is 7. The minimum atomic E-state index is 0.502. The van der Waals surface area contributed by atoms with Crippen molar-refractivity contribution in [1.82, 2.24) is 14.7 Å². The van der Waals surface area contributed by atoms with Gasteiger partial charge in [-0.05, 0) is 31.6 Å². The van der Waals surface area contributed by atoms with Crippen LogP contribution in [0.25, 0.3) is 4.96 Å². The lowest BCUT2D eigenvalue weighted by Gasteiger charge is -2.15. The molecule has 0 saturated heterocycles. The van der Waals surface area contributed by atoms with Crippen LogP contribution < -0.4 is 5.32 Å². The van der Waals surface area contributed by atoms with Crippen LogP contribution in [-0.4, -0.2) is 29.6 Å². The molecule has 0 radical (unpaired) electrons. The van der Waals surface area contributed by atoms with E-state index in [1.807, 2.05) is 0 Å². The summed E-state index contributed by atoms with van der Waals surface area (Å²) in [6, 6.07) is 0. The van der Waals surface area contributed by atoms with Gasteiger partial charge in [-0.25, -0.2) is 4.98 Å². The average Bonchev–Trinajstić information content (AvgIpc) is 2.92. The van der Waals surface area contributed by atoms with Crippen LogP contribution in [0, 0.1) is 12.3 Å². The van der Waals surface area contributed by atoms with E-state index in [4.69, 9.17) is 4.74 Å². The summed E-state index contributed by atoms with van der Waals surface area (Å²) in [5.41, 5.74) is 2.93. The van der Waals surface area contributed by atoms with E-state index in [-0.39, 0.29) is 0 Å². The lowest BCUT2D eigenvalue weighted by atomic mass is 10.0. The lowest BCUT2D eigenvalue weighted by molar-refractivity contribution is 0.171. The molecule has 4 nitrogen and oxygen atoms in total. The highest BCUT2D eigenvalue weighted by Crippen LogP contribution is 2.48. The number of ether oxygens (including phenoxy) is 1. The van der Waals surface area contributed by atoms with Crippen molar-refractivity contribution in [2.75, 3.05) is 20.3 Å². The van der Waals surface area contributed by atoms with Crippen molar-refractivity contribution in [2.24, 2.45) is 5.41 Å². The Morgan fingerprint density at radius 1 is 1.53 bits per heavy atom. The SMILES string of the molecule is COCCC1(CNCc2c(C)nc3sccn23)CC1. The Morgan fingerprint density at radius 2 is 2.37 bits per heavy atom. The molecule has 0 unspecified atom stereocenters. The van der Waals surface area contributed by atoms with Crippen molar-refractivity contribution in [3.63, 3.8) is 0 Å². The van der Waals surface area contributed by atoms with Gasteiger partial charge in [-0.3, -0.25) is 4.40 Å². The summed E-state index contributed by atoms with van der Waals surface area (Å²) in [6.07, 6.45) is 5.95. The number of hydrogen-bond acceptors (Lipinski definition) is 4. The van der Waals surface area contributed by atoms with E-state index in [1.54, 1.807) is 18.4 Å². The van der Waals surface area contributed by atoms with Gasteiger partial charge in [0.25, 0.3) is 0 Å². The highest BCUT2D eigenvalue weighted by molar-refractivity contribution is 7.15. The van der Waals surface area contributed by atoms with Gasteiger partial charge in [-0.1, -0.05) is 0 Å². The molecule has 1 N–H and O–H groups in total. The summed E-state index contributed by atoms with van der Waals surface area (Å²) in [6.45, 7) is 4.96. The van der Waals surface area contributed by atoms with Crippen molar-refractivity contribution in [3.8, 4) is 0 Å². The number of imidazole rings is 1. The second kappa shape index (κ2) is 5.23. The fourth-order valence-corrected chi connectivity index (χ4v) is 3.39. The van der Waals surface area contributed by atoms with Gasteiger partial charge in [-0.15, -0.1) is 11.3 Å². The highest BCUT2D eigenvalue weighted by atomic mass is 32.1. The lowest BCUT2D eigenvalue weighted by Crippen LogP contribution is -2.25. The van der Waals surface area contributed by atoms with Gasteiger partial charge in [0, 0.05) is 38.4 Å². The maximum absolute atomic E-state index is 5.20. The molecule has 0 aromatic carbocycles. The highest BCUT2D eigenvalue weighted by Gasteiger charge is 2.41. The Hall–Kier alpha value is -0.910. The van der Waals surface area contributed by atoms with Crippen LogP contribution >= 0.6 is 11.3 Å². The largest absolute Gasteiger partial charge is 0.385 e. The summed E-state index contributed by atoms with van der Waals surface area (Å²) < 4.78 is 7.39. The average molecular weight is 279 g/mol. The number of thiazole rings is 1. The summed E-state index contributed by atoms with van der Waals surface area (Å²) in [5, 5.41) is 5.70. The number of methoxy groups -OCH3 is 1. The molecular formula is C14H21N3OS. The minimum absolute atomic E-state index is 0.502. The fraction of sp³-hybridized carbons (Fsp3) is 0.643. The van der Waals surface area contributed by atoms with Gasteiger partial charge >= 0.3 is 0 Å². The molecule has 1 aliphatic carbocycles. The molecule has 0 amide bonds. The monoisotopic (exact) mass is 279 g/mol. The Labute approximate surface area is 117 Å². The number of aromatic nitrogens is 2. The molecule has 1 aliphatic rings. The molecule has 2 aromatic rings. The van der Waals surface area contributed by atoms with E-state index >= 15 is 0 Å². The van der Waals surface area contributed by atoms with Gasteiger partial charge in [0.05, 0.1) is 11.4 Å². The molecule has 1 fully saturated rings. The molecule has 3 rings (SSSR count). The first-order chi connectivity index (χ1) is 9.24. The van der Waals surface area contributed by atoms with Gasteiger partial charge in [0.2, 0.25) is 0 Å². The molecule has 19 heavy (non-hydrogen) atoms. The Balaban J connectivity index is 1.58. The van der Waals surface area contributed by atoms with E-state index in [1.165, 1.54) is 25.0 Å². The second-order valence-corrected chi connectivity index (χ2v) is 6.42. The van der Waals surface area contributed by atoms with Crippen molar-refractivity contribution in [1.29, 1.82) is 0 Å². The van der Waals surface area contributed by atoms with Crippen LogP contribution in [0.3, 0.4) is 0 Å². The second-order valence-electron chi connectivity index (χ2n) is 5.55. The molecule has 0 bridgehead atoms. The summed E-state index contributed by atoms with van der Waals surface area (Å²) >= 11 is 1.69. The van der Waals surface area contributed by atoms with Crippen LogP contribution in [0.2, 0.25) is 0 Å². The summed E-state index contributed by atoms with van der Waals surface area (Å²) in [4.78, 5) is 5.67.